The Balaban J connectivity index is 0.000000340. The van der Waals surface area contributed by atoms with Gasteiger partial charge < -0.3 is 67.8 Å². The third-order valence-corrected chi connectivity index (χ3v) is 9.72. The van der Waals surface area contributed by atoms with Gasteiger partial charge in [0.1, 0.15) is 25.7 Å². The molecule has 0 aromatic rings. The number of aliphatic carboxylic acids is 2. The number of esters is 10. The van der Waals surface area contributed by atoms with E-state index >= 15 is 0 Å². The van der Waals surface area contributed by atoms with Gasteiger partial charge in [0.2, 0.25) is 27.2 Å². The summed E-state index contributed by atoms with van der Waals surface area (Å²) >= 11 is 0. The van der Waals surface area contributed by atoms with Crippen LogP contribution in [0.15, 0.2) is 23.8 Å². The van der Waals surface area contributed by atoms with Gasteiger partial charge in [0.15, 0.2) is 13.6 Å². The van der Waals surface area contributed by atoms with Crippen molar-refractivity contribution >= 4 is 71.6 Å². The SMILES string of the molecule is CC1=CC2CC1C(C(=O)OCOC(=O)CC(=O)OCO)C2C(=O)OCOC(=O)CC(=O)OCO.O=C(O)CC(=O)OCOC(=O)C1C2C=CC(C2)C1C(=O)OCOC(=O)CC(=O)O. The highest BCUT2D eigenvalue weighted by Gasteiger charge is 2.55. The molecule has 26 heteroatoms. The smallest absolute Gasteiger partial charge is 0.320 e. The van der Waals surface area contributed by atoms with Gasteiger partial charge in [-0.1, -0.05) is 23.8 Å². The van der Waals surface area contributed by atoms with E-state index in [0.717, 1.165) is 5.57 Å². The molecular weight excluding hydrogens is 860 g/mol. The number of fused-ring (bicyclic) bond motifs is 4. The molecule has 8 atom stereocenters. The van der Waals surface area contributed by atoms with Crippen LogP contribution in [0, 0.1) is 47.3 Å². The number of aliphatic hydroxyl groups excluding tert-OH is 2. The third-order valence-electron chi connectivity index (χ3n) is 9.72. The van der Waals surface area contributed by atoms with Crippen molar-refractivity contribution in [3.63, 3.8) is 0 Å². The monoisotopic (exact) mass is 902 g/mol. The van der Waals surface area contributed by atoms with Gasteiger partial charge in [-0.3, -0.25) is 57.5 Å². The standard InChI is InChI=1S/C20H24O14.C17H18O12/c1-10-2-11-3-12(10)18(20(28)34-9-32-16(26)5-14(24)30-7-22)17(11)19(27)33-8-31-15(25)4-13(23)29-6-21;18-10(19)4-12(22)26-6-28-16(24)14-8-1-2-9(3-8)15(14)17(25)29-7-27-13(23)5-11(20)21/h2,11-12,17-18,21-22H,3-9H2,1H3;1-2,8-9,14-15H,3-7H2,(H,18,19)(H,20,21). The third kappa shape index (κ3) is 15.5. The van der Waals surface area contributed by atoms with Gasteiger partial charge in [0, 0.05) is 0 Å². The average molecular weight is 903 g/mol. The molecule has 4 bridgehead atoms. The van der Waals surface area contributed by atoms with E-state index in [1.54, 1.807) is 19.1 Å². The van der Waals surface area contributed by atoms with Crippen LogP contribution in [0.3, 0.4) is 0 Å². The Hall–Kier alpha value is -6.96. The van der Waals surface area contributed by atoms with Crippen molar-refractivity contribution in [3.05, 3.63) is 23.8 Å². The summed E-state index contributed by atoms with van der Waals surface area (Å²) < 4.78 is 46.1. The van der Waals surface area contributed by atoms with E-state index in [-0.39, 0.29) is 23.7 Å². The van der Waals surface area contributed by atoms with E-state index in [1.807, 2.05) is 6.08 Å². The van der Waals surface area contributed by atoms with Gasteiger partial charge in [-0.15, -0.1) is 0 Å². The van der Waals surface area contributed by atoms with Crippen molar-refractivity contribution in [2.45, 2.75) is 45.4 Å². The summed E-state index contributed by atoms with van der Waals surface area (Å²) in [5, 5.41) is 33.8. The summed E-state index contributed by atoms with van der Waals surface area (Å²) in [6.45, 7) is -3.19. The summed E-state index contributed by atoms with van der Waals surface area (Å²) in [7, 11) is 0. The highest BCUT2D eigenvalue weighted by molar-refractivity contribution is 5.92. The molecule has 0 saturated heterocycles. The number of carbonyl (C=O) groups is 12. The number of rotatable bonds is 22. The second kappa shape index (κ2) is 24.5. The lowest BCUT2D eigenvalue weighted by Crippen LogP contribution is -2.37. The van der Waals surface area contributed by atoms with Crippen molar-refractivity contribution in [3.8, 4) is 0 Å². The number of aliphatic hydroxyl groups is 2. The van der Waals surface area contributed by atoms with Gasteiger partial charge in [0.05, 0.1) is 23.7 Å². The number of carbonyl (C=O) groups excluding carboxylic acids is 10. The first kappa shape index (κ1) is 50.4. The average Bonchev–Trinajstić information content (AvgIpc) is 3.98. The van der Waals surface area contributed by atoms with Crippen LogP contribution in [-0.4, -0.2) is 133 Å². The zero-order valence-corrected chi connectivity index (χ0v) is 33.1. The molecular formula is C37H42O26. The fourth-order valence-electron chi connectivity index (χ4n) is 7.23. The van der Waals surface area contributed by atoms with Crippen LogP contribution in [0.5, 0.6) is 0 Å². The van der Waals surface area contributed by atoms with Crippen LogP contribution in [0.4, 0.5) is 0 Å². The minimum absolute atomic E-state index is 0.297. The number of hydrogen-bond donors (Lipinski definition) is 4. The van der Waals surface area contributed by atoms with Gasteiger partial charge >= 0.3 is 71.6 Å². The van der Waals surface area contributed by atoms with Crippen molar-refractivity contribution in [2.24, 2.45) is 47.3 Å². The van der Waals surface area contributed by atoms with Gasteiger partial charge in [0.25, 0.3) is 0 Å². The summed E-state index contributed by atoms with van der Waals surface area (Å²) in [5.41, 5.74) is 0.883. The number of carboxylic acids is 2. The fourth-order valence-corrected chi connectivity index (χ4v) is 7.23. The van der Waals surface area contributed by atoms with Crippen LogP contribution in [-0.2, 0) is 105 Å². The lowest BCUT2D eigenvalue weighted by atomic mass is 9.80. The summed E-state index contributed by atoms with van der Waals surface area (Å²) in [4.78, 5) is 138. The molecule has 63 heavy (non-hydrogen) atoms. The minimum atomic E-state index is -1.40. The maximum Gasteiger partial charge on any atom is 0.320 e. The molecule has 0 aromatic heterocycles. The van der Waals surface area contributed by atoms with Crippen molar-refractivity contribution < 1.29 is 125 Å². The second-order valence-electron chi connectivity index (χ2n) is 13.6. The predicted octanol–water partition coefficient (Wildman–Crippen LogP) is -1.87. The highest BCUT2D eigenvalue weighted by atomic mass is 16.7. The highest BCUT2D eigenvalue weighted by Crippen LogP contribution is 2.52. The summed E-state index contributed by atoms with van der Waals surface area (Å²) in [5.74, 6) is -17.3. The fraction of sp³-hybridized carbons (Fsp3) is 0.568. The van der Waals surface area contributed by atoms with Crippen LogP contribution in [0.1, 0.15) is 45.4 Å². The molecule has 0 aromatic carbocycles. The van der Waals surface area contributed by atoms with Gasteiger partial charge in [-0.2, -0.15) is 0 Å². The maximum atomic E-state index is 12.6. The molecule has 2 fully saturated rings. The lowest BCUT2D eigenvalue weighted by Gasteiger charge is -2.26. The van der Waals surface area contributed by atoms with E-state index in [9.17, 15) is 57.5 Å². The molecule has 2 saturated carbocycles. The van der Waals surface area contributed by atoms with E-state index in [1.165, 1.54) is 0 Å². The lowest BCUT2D eigenvalue weighted by molar-refractivity contribution is -0.182. The van der Waals surface area contributed by atoms with Gasteiger partial charge in [-0.25, -0.2) is 0 Å². The minimum Gasteiger partial charge on any atom is -0.481 e. The molecule has 0 heterocycles. The van der Waals surface area contributed by atoms with E-state index in [2.05, 4.69) is 28.4 Å². The number of ether oxygens (including phenoxy) is 10. The topological polar surface area (TPSA) is 378 Å². The van der Waals surface area contributed by atoms with Crippen molar-refractivity contribution in [2.75, 3.05) is 40.8 Å². The molecule has 4 N–H and O–H groups in total. The molecule has 8 unspecified atom stereocenters. The normalized spacial score (nSPS) is 23.0. The number of carboxylic acid groups (broad SMARTS) is 2. The Morgan fingerprint density at radius 2 is 0.762 bits per heavy atom. The zero-order chi connectivity index (χ0) is 46.8. The number of hydrogen-bond acceptors (Lipinski definition) is 24. The van der Waals surface area contributed by atoms with E-state index in [4.69, 9.17) is 39.4 Å². The predicted molar refractivity (Wildman–Crippen MR) is 188 cm³/mol. The Morgan fingerprint density at radius 1 is 0.444 bits per heavy atom. The summed E-state index contributed by atoms with van der Waals surface area (Å²) in [6.07, 6.45) is 2.98. The van der Waals surface area contributed by atoms with Crippen molar-refractivity contribution in [1.82, 2.24) is 0 Å². The first-order chi connectivity index (χ1) is 29.9. The van der Waals surface area contributed by atoms with Crippen LogP contribution in [0.25, 0.3) is 0 Å². The maximum absolute atomic E-state index is 12.6. The Morgan fingerprint density at radius 3 is 1.11 bits per heavy atom. The molecule has 0 aliphatic heterocycles. The molecule has 0 amide bonds. The van der Waals surface area contributed by atoms with E-state index in [0.29, 0.717) is 12.8 Å². The molecule has 4 aliphatic carbocycles. The number of allylic oxidation sites excluding steroid dienone is 4. The molecule has 0 radical (unpaired) electrons. The molecule has 4 rings (SSSR count). The molecule has 4 aliphatic rings. The first-order valence-corrected chi connectivity index (χ1v) is 18.5. The Kier molecular flexibility index (Phi) is 19.6. The zero-order valence-electron chi connectivity index (χ0n) is 33.1. The second-order valence-corrected chi connectivity index (χ2v) is 13.6. The Bertz CT molecular complexity index is 1790. The van der Waals surface area contributed by atoms with Crippen LogP contribution in [0.2, 0.25) is 0 Å². The summed E-state index contributed by atoms with van der Waals surface area (Å²) in [6, 6.07) is 0. The Labute approximate surface area is 354 Å². The first-order valence-electron chi connectivity index (χ1n) is 18.5. The molecule has 0 spiro atoms. The quantitative estimate of drug-likeness (QED) is 0.0304. The van der Waals surface area contributed by atoms with Crippen LogP contribution < -0.4 is 0 Å². The van der Waals surface area contributed by atoms with E-state index < -0.39 is 162 Å². The largest absolute Gasteiger partial charge is 0.481 e. The van der Waals surface area contributed by atoms with Crippen molar-refractivity contribution in [1.29, 1.82) is 0 Å². The molecule has 26 nitrogen and oxygen atoms in total. The van der Waals surface area contributed by atoms with Crippen LogP contribution >= 0.6 is 0 Å². The van der Waals surface area contributed by atoms with Gasteiger partial charge in [-0.05, 0) is 43.4 Å². The molecule has 346 valence electrons.